The van der Waals surface area contributed by atoms with Gasteiger partial charge in [0.15, 0.2) is 0 Å². The molecule has 0 bridgehead atoms. The number of carbonyl (C=O) groups excluding carboxylic acids is 2. The van der Waals surface area contributed by atoms with Gasteiger partial charge in [-0.25, -0.2) is 8.42 Å². The number of carbonyl (C=O) groups is 2. The standard InChI is InChI=1S/C22H23N3O4S2/c1-14-11-15(2)21(16(3)12-14)24-19(26)13-23-22(27)17-6-8-18(9-7-17)25-31(28,29)20-5-4-10-30-20/h4-12,25H,13H2,1-3H3,(H,23,27)(H,24,26). The van der Waals surface area contributed by atoms with Crippen molar-refractivity contribution in [2.24, 2.45) is 0 Å². The van der Waals surface area contributed by atoms with E-state index in [1.54, 1.807) is 11.4 Å². The van der Waals surface area contributed by atoms with Crippen molar-refractivity contribution in [3.8, 4) is 0 Å². The molecule has 0 aliphatic heterocycles. The van der Waals surface area contributed by atoms with E-state index in [0.717, 1.165) is 33.7 Å². The van der Waals surface area contributed by atoms with E-state index in [9.17, 15) is 18.0 Å². The van der Waals surface area contributed by atoms with Gasteiger partial charge in [0.2, 0.25) is 5.91 Å². The SMILES string of the molecule is Cc1cc(C)c(NC(=O)CNC(=O)c2ccc(NS(=O)(=O)c3cccs3)cc2)c(C)c1. The number of hydrogen-bond acceptors (Lipinski definition) is 5. The second kappa shape index (κ2) is 9.32. The van der Waals surface area contributed by atoms with Gasteiger partial charge in [0.1, 0.15) is 4.21 Å². The third kappa shape index (κ3) is 5.71. The van der Waals surface area contributed by atoms with Crippen LogP contribution in [0.25, 0.3) is 0 Å². The number of amides is 2. The lowest BCUT2D eigenvalue weighted by Crippen LogP contribution is -2.33. The molecule has 7 nitrogen and oxygen atoms in total. The first-order chi connectivity index (χ1) is 14.7. The highest BCUT2D eigenvalue weighted by molar-refractivity contribution is 7.94. The molecule has 3 N–H and O–H groups in total. The Labute approximate surface area is 185 Å². The molecule has 2 amide bonds. The van der Waals surface area contributed by atoms with Gasteiger partial charge in [-0.15, -0.1) is 11.3 Å². The number of rotatable bonds is 7. The summed E-state index contributed by atoms with van der Waals surface area (Å²) in [6, 6.07) is 13.1. The van der Waals surface area contributed by atoms with Crippen LogP contribution in [0.5, 0.6) is 0 Å². The Morgan fingerprint density at radius 2 is 1.61 bits per heavy atom. The summed E-state index contributed by atoms with van der Waals surface area (Å²) in [7, 11) is -3.65. The Morgan fingerprint density at radius 3 is 2.19 bits per heavy atom. The van der Waals surface area contributed by atoms with Crippen molar-refractivity contribution in [3.05, 3.63) is 76.2 Å². The van der Waals surface area contributed by atoms with Crippen LogP contribution in [0, 0.1) is 20.8 Å². The summed E-state index contributed by atoms with van der Waals surface area (Å²) >= 11 is 1.12. The van der Waals surface area contributed by atoms with Gasteiger partial charge in [0.05, 0.1) is 6.54 Å². The molecule has 1 heterocycles. The Morgan fingerprint density at radius 1 is 0.968 bits per heavy atom. The zero-order chi connectivity index (χ0) is 22.6. The average Bonchev–Trinajstić information content (AvgIpc) is 3.25. The van der Waals surface area contributed by atoms with Gasteiger partial charge >= 0.3 is 0 Å². The molecular weight excluding hydrogens is 434 g/mol. The van der Waals surface area contributed by atoms with Crippen LogP contribution in [-0.2, 0) is 14.8 Å². The molecule has 3 rings (SSSR count). The first-order valence-corrected chi connectivity index (χ1v) is 11.8. The molecule has 0 fully saturated rings. The minimum Gasteiger partial charge on any atom is -0.343 e. The van der Waals surface area contributed by atoms with Crippen molar-refractivity contribution in [3.63, 3.8) is 0 Å². The number of benzene rings is 2. The second-order valence-electron chi connectivity index (χ2n) is 7.12. The van der Waals surface area contributed by atoms with Gasteiger partial charge in [-0.2, -0.15) is 0 Å². The minimum absolute atomic E-state index is 0.182. The molecule has 0 saturated heterocycles. The molecule has 0 aliphatic carbocycles. The lowest BCUT2D eigenvalue weighted by molar-refractivity contribution is -0.115. The van der Waals surface area contributed by atoms with Crippen LogP contribution in [-0.4, -0.2) is 26.8 Å². The summed E-state index contributed by atoms with van der Waals surface area (Å²) in [4.78, 5) is 24.6. The molecule has 2 aromatic carbocycles. The Balaban J connectivity index is 1.57. The highest BCUT2D eigenvalue weighted by atomic mass is 32.2. The lowest BCUT2D eigenvalue weighted by atomic mass is 10.1. The summed E-state index contributed by atoms with van der Waals surface area (Å²) in [5, 5.41) is 7.08. The lowest BCUT2D eigenvalue weighted by Gasteiger charge is -2.13. The Bertz CT molecular complexity index is 1180. The zero-order valence-electron chi connectivity index (χ0n) is 17.4. The number of hydrogen-bond donors (Lipinski definition) is 3. The van der Waals surface area contributed by atoms with Crippen LogP contribution < -0.4 is 15.4 Å². The van der Waals surface area contributed by atoms with Crippen molar-refractivity contribution in [2.75, 3.05) is 16.6 Å². The van der Waals surface area contributed by atoms with Gasteiger partial charge < -0.3 is 10.6 Å². The van der Waals surface area contributed by atoms with Crippen LogP contribution in [0.4, 0.5) is 11.4 Å². The van der Waals surface area contributed by atoms with Gasteiger partial charge in [-0.05, 0) is 67.6 Å². The highest BCUT2D eigenvalue weighted by Crippen LogP contribution is 2.22. The molecule has 0 aliphatic rings. The molecule has 3 aromatic rings. The van der Waals surface area contributed by atoms with Crippen molar-refractivity contribution >= 4 is 44.5 Å². The van der Waals surface area contributed by atoms with E-state index in [0.29, 0.717) is 11.3 Å². The molecule has 9 heteroatoms. The molecular formula is C22H23N3O4S2. The first-order valence-electron chi connectivity index (χ1n) is 9.48. The van der Waals surface area contributed by atoms with E-state index < -0.39 is 15.9 Å². The minimum atomic E-state index is -3.65. The molecule has 31 heavy (non-hydrogen) atoms. The maximum absolute atomic E-state index is 12.3. The largest absolute Gasteiger partial charge is 0.343 e. The molecule has 1 aromatic heterocycles. The molecule has 0 unspecified atom stereocenters. The Kier molecular flexibility index (Phi) is 6.77. The van der Waals surface area contributed by atoms with Crippen molar-refractivity contribution in [1.82, 2.24) is 5.32 Å². The molecule has 0 spiro atoms. The van der Waals surface area contributed by atoms with Crippen LogP contribution in [0.15, 0.2) is 58.1 Å². The fourth-order valence-electron chi connectivity index (χ4n) is 3.13. The maximum atomic E-state index is 12.3. The molecule has 162 valence electrons. The second-order valence-corrected chi connectivity index (χ2v) is 9.98. The molecule has 0 saturated carbocycles. The topological polar surface area (TPSA) is 104 Å². The summed E-state index contributed by atoms with van der Waals surface area (Å²) in [5.74, 6) is -0.760. The van der Waals surface area contributed by atoms with E-state index >= 15 is 0 Å². The van der Waals surface area contributed by atoms with E-state index in [2.05, 4.69) is 15.4 Å². The zero-order valence-corrected chi connectivity index (χ0v) is 19.0. The van der Waals surface area contributed by atoms with E-state index in [4.69, 9.17) is 0 Å². The summed E-state index contributed by atoms with van der Waals surface area (Å²) in [6.45, 7) is 5.65. The van der Waals surface area contributed by atoms with Crippen LogP contribution in [0.2, 0.25) is 0 Å². The summed E-state index contributed by atoms with van der Waals surface area (Å²) < 4.78 is 27.2. The number of aryl methyl sites for hydroxylation is 3. The Hall–Kier alpha value is -3.17. The van der Waals surface area contributed by atoms with Crippen LogP contribution in [0.3, 0.4) is 0 Å². The number of anilines is 2. The highest BCUT2D eigenvalue weighted by Gasteiger charge is 2.16. The van der Waals surface area contributed by atoms with Crippen molar-refractivity contribution in [1.29, 1.82) is 0 Å². The van der Waals surface area contributed by atoms with E-state index in [1.165, 1.54) is 30.3 Å². The number of nitrogens with one attached hydrogen (secondary N) is 3. The van der Waals surface area contributed by atoms with E-state index in [1.807, 2.05) is 32.9 Å². The number of sulfonamides is 1. The van der Waals surface area contributed by atoms with Crippen LogP contribution >= 0.6 is 11.3 Å². The van der Waals surface area contributed by atoms with Gasteiger partial charge in [-0.1, -0.05) is 23.8 Å². The molecule has 0 radical (unpaired) electrons. The van der Waals surface area contributed by atoms with Crippen molar-refractivity contribution in [2.45, 2.75) is 25.0 Å². The fraction of sp³-hybridized carbons (Fsp3) is 0.182. The first kappa shape index (κ1) is 22.5. The quantitative estimate of drug-likeness (QED) is 0.501. The number of thiophene rings is 1. The van der Waals surface area contributed by atoms with Crippen LogP contribution in [0.1, 0.15) is 27.0 Å². The van der Waals surface area contributed by atoms with Gasteiger partial charge in [0.25, 0.3) is 15.9 Å². The van der Waals surface area contributed by atoms with Crippen molar-refractivity contribution < 1.29 is 18.0 Å². The van der Waals surface area contributed by atoms with Gasteiger partial charge in [-0.3, -0.25) is 14.3 Å². The monoisotopic (exact) mass is 457 g/mol. The summed E-state index contributed by atoms with van der Waals surface area (Å²) in [6.07, 6.45) is 0. The average molecular weight is 458 g/mol. The predicted octanol–water partition coefficient (Wildman–Crippen LogP) is 3.84. The van der Waals surface area contributed by atoms with Gasteiger partial charge in [0, 0.05) is 16.9 Å². The normalized spacial score (nSPS) is 11.1. The smallest absolute Gasteiger partial charge is 0.271 e. The predicted molar refractivity (Wildman–Crippen MR) is 123 cm³/mol. The third-order valence-electron chi connectivity index (χ3n) is 4.51. The molecule has 0 atom stereocenters. The fourth-order valence-corrected chi connectivity index (χ4v) is 5.19. The van der Waals surface area contributed by atoms with E-state index in [-0.39, 0.29) is 16.7 Å². The maximum Gasteiger partial charge on any atom is 0.271 e. The summed E-state index contributed by atoms with van der Waals surface area (Å²) in [5.41, 5.74) is 4.42. The third-order valence-corrected chi connectivity index (χ3v) is 7.29.